The lowest BCUT2D eigenvalue weighted by atomic mass is 10.2. The number of rotatable bonds is 2. The molecule has 0 atom stereocenters. The molecule has 1 aliphatic heterocycles. The second-order valence-electron chi connectivity index (χ2n) is 4.10. The number of thioether (sulfide) groups is 1. The summed E-state index contributed by atoms with van der Waals surface area (Å²) in [6.07, 6.45) is 1.22. The molecule has 88 valence electrons. The number of nitrogens with two attached hydrogens (primary N) is 1. The molecule has 0 aliphatic carbocycles. The van der Waals surface area contributed by atoms with Crippen molar-refractivity contribution in [1.29, 1.82) is 0 Å². The zero-order valence-corrected chi connectivity index (χ0v) is 10.1. The maximum Gasteiger partial charge on any atom is 0.146 e. The molecular weight excluding hydrogens is 223 g/mol. The van der Waals surface area contributed by atoms with Crippen molar-refractivity contribution in [2.75, 3.05) is 30.3 Å². The second-order valence-corrected chi connectivity index (χ2v) is 5.32. The molecule has 1 saturated heterocycles. The van der Waals surface area contributed by atoms with Gasteiger partial charge in [0.15, 0.2) is 0 Å². The van der Waals surface area contributed by atoms with Crippen LogP contribution in [0.5, 0.6) is 0 Å². The highest BCUT2D eigenvalue weighted by Crippen LogP contribution is 2.16. The van der Waals surface area contributed by atoms with Crippen LogP contribution in [-0.4, -0.2) is 29.5 Å². The Kier molecular flexibility index (Phi) is 4.07. The van der Waals surface area contributed by atoms with Crippen LogP contribution in [0.1, 0.15) is 12.0 Å². The van der Waals surface area contributed by atoms with Gasteiger partial charge in [0.1, 0.15) is 5.82 Å². The van der Waals surface area contributed by atoms with Gasteiger partial charge in [0, 0.05) is 18.8 Å². The van der Waals surface area contributed by atoms with Gasteiger partial charge in [0.25, 0.3) is 0 Å². The topological polar surface area (TPSA) is 29.3 Å². The molecule has 0 unspecified atom stereocenters. The van der Waals surface area contributed by atoms with Gasteiger partial charge in [-0.3, -0.25) is 4.90 Å². The van der Waals surface area contributed by atoms with Gasteiger partial charge in [-0.2, -0.15) is 11.8 Å². The zero-order valence-electron chi connectivity index (χ0n) is 9.29. The monoisotopic (exact) mass is 240 g/mol. The fraction of sp³-hybridized carbons (Fsp3) is 0.500. The van der Waals surface area contributed by atoms with Crippen LogP contribution in [0.4, 0.5) is 10.1 Å². The standard InChI is InChI=1S/C12H17FN2S/c13-11-8-10(2-3-12(11)14)9-15-4-1-6-16-7-5-15/h2-3,8H,1,4-7,9,14H2. The summed E-state index contributed by atoms with van der Waals surface area (Å²) in [5.41, 5.74) is 6.70. The number of anilines is 1. The zero-order chi connectivity index (χ0) is 11.4. The SMILES string of the molecule is Nc1ccc(CN2CCCSCC2)cc1F. The van der Waals surface area contributed by atoms with Gasteiger partial charge >= 0.3 is 0 Å². The smallest absolute Gasteiger partial charge is 0.146 e. The molecule has 1 fully saturated rings. The Labute approximate surface area is 100 Å². The predicted octanol–water partition coefficient (Wildman–Crippen LogP) is 2.35. The number of nitrogens with zero attached hydrogens (tertiary/aromatic N) is 1. The molecule has 2 nitrogen and oxygen atoms in total. The number of nitrogen functional groups attached to an aromatic ring is 1. The molecule has 0 amide bonds. The molecule has 1 aromatic carbocycles. The molecule has 1 aliphatic rings. The first kappa shape index (κ1) is 11.7. The molecule has 4 heteroatoms. The molecule has 0 bridgehead atoms. The Morgan fingerprint density at radius 1 is 1.31 bits per heavy atom. The van der Waals surface area contributed by atoms with Crippen LogP contribution in [0.2, 0.25) is 0 Å². The first-order valence-electron chi connectivity index (χ1n) is 5.60. The summed E-state index contributed by atoms with van der Waals surface area (Å²) in [4.78, 5) is 2.38. The molecule has 0 radical (unpaired) electrons. The van der Waals surface area contributed by atoms with Crippen LogP contribution in [0.25, 0.3) is 0 Å². The van der Waals surface area contributed by atoms with Gasteiger partial charge in [-0.25, -0.2) is 4.39 Å². The van der Waals surface area contributed by atoms with Crippen LogP contribution in [0.15, 0.2) is 18.2 Å². The highest BCUT2D eigenvalue weighted by atomic mass is 32.2. The Bertz CT molecular complexity index is 349. The van der Waals surface area contributed by atoms with Gasteiger partial charge in [0.2, 0.25) is 0 Å². The number of halogens is 1. The third-order valence-electron chi connectivity index (χ3n) is 2.79. The Hall–Kier alpha value is -0.740. The molecule has 2 rings (SSSR count). The Balaban J connectivity index is 1.99. The third kappa shape index (κ3) is 3.12. The summed E-state index contributed by atoms with van der Waals surface area (Å²) >= 11 is 2.00. The maximum atomic E-state index is 13.3. The summed E-state index contributed by atoms with van der Waals surface area (Å²) in [7, 11) is 0. The summed E-state index contributed by atoms with van der Waals surface area (Å²) in [6, 6.07) is 5.11. The highest BCUT2D eigenvalue weighted by molar-refractivity contribution is 7.99. The van der Waals surface area contributed by atoms with E-state index in [1.165, 1.54) is 17.9 Å². The van der Waals surface area contributed by atoms with Gasteiger partial charge in [-0.1, -0.05) is 6.07 Å². The van der Waals surface area contributed by atoms with Crippen molar-refractivity contribution in [2.24, 2.45) is 0 Å². The fourth-order valence-electron chi connectivity index (χ4n) is 1.88. The van der Waals surface area contributed by atoms with Gasteiger partial charge < -0.3 is 5.73 Å². The molecule has 0 aromatic heterocycles. The normalized spacial score (nSPS) is 18.3. The minimum absolute atomic E-state index is 0.232. The Morgan fingerprint density at radius 2 is 2.19 bits per heavy atom. The molecular formula is C12H17FN2S. The van der Waals surface area contributed by atoms with Crippen LogP contribution in [-0.2, 0) is 6.54 Å². The first-order chi connectivity index (χ1) is 7.75. The van der Waals surface area contributed by atoms with Gasteiger partial charge in [0.05, 0.1) is 5.69 Å². The van der Waals surface area contributed by atoms with E-state index in [1.807, 2.05) is 17.8 Å². The fourth-order valence-corrected chi connectivity index (χ4v) is 2.81. The van der Waals surface area contributed by atoms with Crippen LogP contribution in [0, 0.1) is 5.82 Å². The van der Waals surface area contributed by atoms with Crippen molar-refractivity contribution < 1.29 is 4.39 Å². The number of hydrogen-bond acceptors (Lipinski definition) is 3. The van der Waals surface area contributed by atoms with Crippen molar-refractivity contribution in [3.8, 4) is 0 Å². The lowest BCUT2D eigenvalue weighted by Crippen LogP contribution is -2.25. The van der Waals surface area contributed by atoms with Crippen LogP contribution >= 0.6 is 11.8 Å². The molecule has 16 heavy (non-hydrogen) atoms. The first-order valence-corrected chi connectivity index (χ1v) is 6.75. The van der Waals surface area contributed by atoms with E-state index in [-0.39, 0.29) is 11.5 Å². The van der Waals surface area contributed by atoms with Crippen molar-refractivity contribution in [2.45, 2.75) is 13.0 Å². The van der Waals surface area contributed by atoms with Crippen LogP contribution < -0.4 is 5.73 Å². The molecule has 0 saturated carbocycles. The van der Waals surface area contributed by atoms with Crippen LogP contribution in [0.3, 0.4) is 0 Å². The second kappa shape index (κ2) is 5.55. The average molecular weight is 240 g/mol. The lowest BCUT2D eigenvalue weighted by molar-refractivity contribution is 0.287. The minimum Gasteiger partial charge on any atom is -0.396 e. The summed E-state index contributed by atoms with van der Waals surface area (Å²) in [6.45, 7) is 3.04. The van der Waals surface area contributed by atoms with E-state index in [9.17, 15) is 4.39 Å². The quantitative estimate of drug-likeness (QED) is 0.805. The number of benzene rings is 1. The number of hydrogen-bond donors (Lipinski definition) is 1. The summed E-state index contributed by atoms with van der Waals surface area (Å²) in [5, 5.41) is 0. The van der Waals surface area contributed by atoms with Gasteiger partial charge in [-0.05, 0) is 36.4 Å². The molecule has 1 aromatic rings. The molecule has 1 heterocycles. The highest BCUT2D eigenvalue weighted by Gasteiger charge is 2.10. The molecule has 2 N–H and O–H groups in total. The summed E-state index contributed by atoms with van der Waals surface area (Å²) < 4.78 is 13.3. The molecule has 0 spiro atoms. The van der Waals surface area contributed by atoms with Gasteiger partial charge in [-0.15, -0.1) is 0 Å². The minimum atomic E-state index is -0.304. The van der Waals surface area contributed by atoms with Crippen molar-refractivity contribution in [3.05, 3.63) is 29.6 Å². The van der Waals surface area contributed by atoms with E-state index >= 15 is 0 Å². The van der Waals surface area contributed by atoms with E-state index < -0.39 is 0 Å². The van der Waals surface area contributed by atoms with E-state index in [0.717, 1.165) is 25.2 Å². The van der Waals surface area contributed by atoms with Crippen molar-refractivity contribution in [3.63, 3.8) is 0 Å². The van der Waals surface area contributed by atoms with E-state index in [2.05, 4.69) is 4.90 Å². The summed E-state index contributed by atoms with van der Waals surface area (Å²) in [5.74, 6) is 2.12. The van der Waals surface area contributed by atoms with Crippen molar-refractivity contribution in [1.82, 2.24) is 4.90 Å². The average Bonchev–Trinajstić information content (AvgIpc) is 2.52. The predicted molar refractivity (Wildman–Crippen MR) is 68.0 cm³/mol. The van der Waals surface area contributed by atoms with Crippen molar-refractivity contribution >= 4 is 17.4 Å². The van der Waals surface area contributed by atoms with E-state index in [0.29, 0.717) is 0 Å². The maximum absolute atomic E-state index is 13.3. The lowest BCUT2D eigenvalue weighted by Gasteiger charge is -2.19. The van der Waals surface area contributed by atoms with E-state index in [1.54, 1.807) is 12.1 Å². The Morgan fingerprint density at radius 3 is 3.00 bits per heavy atom. The largest absolute Gasteiger partial charge is 0.396 e. The van der Waals surface area contributed by atoms with E-state index in [4.69, 9.17) is 5.73 Å². The third-order valence-corrected chi connectivity index (χ3v) is 3.83.